The number of hydrogen-bond donors (Lipinski definition) is 3. The van der Waals surface area contributed by atoms with E-state index in [-0.39, 0.29) is 12.6 Å². The van der Waals surface area contributed by atoms with Crippen LogP contribution in [-0.4, -0.2) is 51.8 Å². The molecule has 6 nitrogen and oxygen atoms in total. The second kappa shape index (κ2) is 7.85. The van der Waals surface area contributed by atoms with E-state index in [4.69, 9.17) is 0 Å². The van der Waals surface area contributed by atoms with Crippen molar-refractivity contribution in [2.24, 2.45) is 0 Å². The van der Waals surface area contributed by atoms with Crippen molar-refractivity contribution < 1.29 is 5.11 Å². The molecule has 0 spiro atoms. The van der Waals surface area contributed by atoms with Crippen LogP contribution in [0, 0.1) is 0 Å². The fraction of sp³-hybridized carbons (Fsp3) is 0.400. The highest BCUT2D eigenvalue weighted by molar-refractivity contribution is 5.83. The third-order valence-electron chi connectivity index (χ3n) is 5.16. The van der Waals surface area contributed by atoms with Gasteiger partial charge < -0.3 is 20.3 Å². The van der Waals surface area contributed by atoms with E-state index in [2.05, 4.69) is 49.6 Å². The molecule has 0 saturated carbocycles. The van der Waals surface area contributed by atoms with Gasteiger partial charge in [0.1, 0.15) is 0 Å². The minimum Gasteiger partial charge on any atom is -0.395 e. The van der Waals surface area contributed by atoms with Gasteiger partial charge in [0.2, 0.25) is 5.95 Å². The predicted molar refractivity (Wildman–Crippen MR) is 103 cm³/mol. The number of H-pyrrole nitrogens is 1. The van der Waals surface area contributed by atoms with Gasteiger partial charge in [-0.15, -0.1) is 0 Å². The molecule has 4 rings (SSSR count). The van der Waals surface area contributed by atoms with E-state index in [9.17, 15) is 5.11 Å². The zero-order valence-electron chi connectivity index (χ0n) is 14.8. The number of para-hydroxylation sites is 1. The van der Waals surface area contributed by atoms with Crippen LogP contribution >= 0.6 is 0 Å². The van der Waals surface area contributed by atoms with Crippen LogP contribution in [0.25, 0.3) is 10.9 Å². The van der Waals surface area contributed by atoms with Gasteiger partial charge in [-0.3, -0.25) is 0 Å². The number of nitrogens with one attached hydrogen (secondary N) is 2. The topological polar surface area (TPSA) is 77.1 Å². The Balaban J connectivity index is 1.34. The van der Waals surface area contributed by atoms with Crippen molar-refractivity contribution in [1.29, 1.82) is 0 Å². The third-order valence-corrected chi connectivity index (χ3v) is 5.16. The van der Waals surface area contributed by atoms with Crippen LogP contribution in [-0.2, 0) is 6.42 Å². The maximum absolute atomic E-state index is 9.85. The van der Waals surface area contributed by atoms with Crippen LogP contribution in [0.4, 0.5) is 5.95 Å². The van der Waals surface area contributed by atoms with E-state index >= 15 is 0 Å². The Morgan fingerprint density at radius 1 is 1.15 bits per heavy atom. The van der Waals surface area contributed by atoms with E-state index in [1.165, 1.54) is 10.9 Å². The number of aliphatic hydroxyl groups is 1. The summed E-state index contributed by atoms with van der Waals surface area (Å²) >= 11 is 0. The number of aliphatic hydroxyl groups excluding tert-OH is 1. The monoisotopic (exact) mass is 351 g/mol. The summed E-state index contributed by atoms with van der Waals surface area (Å²) in [4.78, 5) is 14.2. The van der Waals surface area contributed by atoms with Crippen molar-refractivity contribution in [2.45, 2.75) is 31.3 Å². The van der Waals surface area contributed by atoms with Gasteiger partial charge in [-0.25, -0.2) is 9.97 Å². The summed E-state index contributed by atoms with van der Waals surface area (Å²) in [5, 5.41) is 14.7. The molecule has 1 aromatic carbocycles. The Hall–Kier alpha value is -2.44. The first-order chi connectivity index (χ1) is 12.8. The Kier molecular flexibility index (Phi) is 5.13. The first kappa shape index (κ1) is 17.0. The first-order valence-electron chi connectivity index (χ1n) is 9.27. The molecule has 1 fully saturated rings. The second-order valence-electron chi connectivity index (χ2n) is 6.92. The molecule has 1 atom stereocenters. The van der Waals surface area contributed by atoms with Crippen LogP contribution in [0.5, 0.6) is 0 Å². The number of anilines is 1. The molecule has 3 aromatic rings. The molecule has 0 unspecified atom stereocenters. The maximum atomic E-state index is 9.85. The van der Waals surface area contributed by atoms with Gasteiger partial charge in [0, 0.05) is 54.7 Å². The lowest BCUT2D eigenvalue weighted by atomic mass is 10.0. The van der Waals surface area contributed by atoms with E-state index < -0.39 is 0 Å². The van der Waals surface area contributed by atoms with Gasteiger partial charge >= 0.3 is 0 Å². The lowest BCUT2D eigenvalue weighted by Gasteiger charge is -2.34. The number of aromatic amines is 1. The number of fused-ring (bicyclic) bond motifs is 1. The molecule has 3 N–H and O–H groups in total. The zero-order chi connectivity index (χ0) is 17.8. The van der Waals surface area contributed by atoms with Crippen molar-refractivity contribution in [3.8, 4) is 0 Å². The smallest absolute Gasteiger partial charge is 0.225 e. The minimum atomic E-state index is 0.0683. The van der Waals surface area contributed by atoms with E-state index in [1.54, 1.807) is 12.4 Å². The zero-order valence-corrected chi connectivity index (χ0v) is 14.8. The molecule has 1 aliphatic heterocycles. The Labute approximate surface area is 153 Å². The Morgan fingerprint density at radius 2 is 1.92 bits per heavy atom. The van der Waals surface area contributed by atoms with Crippen molar-refractivity contribution in [3.63, 3.8) is 0 Å². The summed E-state index contributed by atoms with van der Waals surface area (Å²) in [6, 6.07) is 10.6. The van der Waals surface area contributed by atoms with Crippen molar-refractivity contribution >= 4 is 16.9 Å². The maximum Gasteiger partial charge on any atom is 0.225 e. The lowest BCUT2D eigenvalue weighted by molar-refractivity contribution is 0.222. The third kappa shape index (κ3) is 3.71. The van der Waals surface area contributed by atoms with Crippen molar-refractivity contribution in [1.82, 2.24) is 20.3 Å². The minimum absolute atomic E-state index is 0.0683. The molecule has 2 aromatic heterocycles. The fourth-order valence-corrected chi connectivity index (χ4v) is 3.78. The SMILES string of the molecule is OC[C@H](Cc1c[nH]c2ccccc12)NC1CCN(c2ncccn2)CC1. The molecule has 6 heteroatoms. The molecule has 136 valence electrons. The molecule has 0 bridgehead atoms. The summed E-state index contributed by atoms with van der Waals surface area (Å²) in [5.74, 6) is 0.809. The van der Waals surface area contributed by atoms with Crippen molar-refractivity contribution in [3.05, 3.63) is 54.5 Å². The fourth-order valence-electron chi connectivity index (χ4n) is 3.78. The molecule has 3 heterocycles. The van der Waals surface area contributed by atoms with Gasteiger partial charge in [-0.2, -0.15) is 0 Å². The van der Waals surface area contributed by atoms with Crippen LogP contribution in [0.15, 0.2) is 48.9 Å². The van der Waals surface area contributed by atoms with Gasteiger partial charge in [-0.05, 0) is 37.0 Å². The molecule has 0 radical (unpaired) electrons. The number of rotatable bonds is 6. The standard InChI is InChI=1S/C20H25N5O/c26-14-17(12-15-13-23-19-5-2-1-4-18(15)19)24-16-6-10-25(11-7-16)20-21-8-3-9-22-20/h1-5,8-9,13,16-17,23-24,26H,6-7,10-12,14H2/t17-/m0/s1. The average Bonchev–Trinajstić information content (AvgIpc) is 3.12. The van der Waals surface area contributed by atoms with E-state index in [0.717, 1.165) is 43.8 Å². The van der Waals surface area contributed by atoms with Crippen LogP contribution < -0.4 is 10.2 Å². The Bertz CT molecular complexity index is 826. The second-order valence-corrected chi connectivity index (χ2v) is 6.92. The Morgan fingerprint density at radius 3 is 2.69 bits per heavy atom. The normalized spacial score (nSPS) is 16.9. The number of hydrogen-bond acceptors (Lipinski definition) is 5. The molecule has 0 amide bonds. The van der Waals surface area contributed by atoms with Crippen LogP contribution in [0.2, 0.25) is 0 Å². The van der Waals surface area contributed by atoms with Crippen molar-refractivity contribution in [2.75, 3.05) is 24.6 Å². The van der Waals surface area contributed by atoms with Gasteiger partial charge in [0.05, 0.1) is 6.61 Å². The van der Waals surface area contributed by atoms with Gasteiger partial charge in [-0.1, -0.05) is 18.2 Å². The summed E-state index contributed by atoms with van der Waals surface area (Å²) in [7, 11) is 0. The molecular weight excluding hydrogens is 326 g/mol. The highest BCUT2D eigenvalue weighted by Crippen LogP contribution is 2.20. The largest absolute Gasteiger partial charge is 0.395 e. The first-order valence-corrected chi connectivity index (χ1v) is 9.27. The summed E-state index contributed by atoms with van der Waals surface area (Å²) in [6.07, 6.45) is 8.52. The summed E-state index contributed by atoms with van der Waals surface area (Å²) < 4.78 is 0. The summed E-state index contributed by atoms with van der Waals surface area (Å²) in [6.45, 7) is 2.02. The molecular formula is C20H25N5O. The van der Waals surface area contributed by atoms with Gasteiger partial charge in [0.25, 0.3) is 0 Å². The number of piperidine rings is 1. The highest BCUT2D eigenvalue weighted by Gasteiger charge is 2.23. The predicted octanol–water partition coefficient (Wildman–Crippen LogP) is 2.12. The van der Waals surface area contributed by atoms with Gasteiger partial charge in [0.15, 0.2) is 0 Å². The molecule has 1 saturated heterocycles. The lowest BCUT2D eigenvalue weighted by Crippen LogP contribution is -2.48. The summed E-state index contributed by atoms with van der Waals surface area (Å²) in [5.41, 5.74) is 2.40. The number of aromatic nitrogens is 3. The van der Waals surface area contributed by atoms with Crippen LogP contribution in [0.3, 0.4) is 0 Å². The van der Waals surface area contributed by atoms with Crippen LogP contribution in [0.1, 0.15) is 18.4 Å². The molecule has 1 aliphatic rings. The van der Waals surface area contributed by atoms with E-state index in [1.807, 2.05) is 12.1 Å². The number of nitrogens with zero attached hydrogens (tertiary/aromatic N) is 3. The highest BCUT2D eigenvalue weighted by atomic mass is 16.3. The molecule has 26 heavy (non-hydrogen) atoms. The average molecular weight is 351 g/mol. The number of benzene rings is 1. The quantitative estimate of drug-likeness (QED) is 0.634. The van der Waals surface area contributed by atoms with E-state index in [0.29, 0.717) is 6.04 Å². The molecule has 0 aliphatic carbocycles.